The number of hydrogen-bond acceptors (Lipinski definition) is 9. The van der Waals surface area contributed by atoms with E-state index in [9.17, 15) is 14.4 Å². The molecule has 0 spiro atoms. The van der Waals surface area contributed by atoms with E-state index in [0.29, 0.717) is 22.3 Å². The van der Waals surface area contributed by atoms with E-state index < -0.39 is 0 Å². The van der Waals surface area contributed by atoms with Crippen molar-refractivity contribution in [2.75, 3.05) is 38.8 Å². The Kier molecular flexibility index (Phi) is 8.46. The van der Waals surface area contributed by atoms with Crippen LogP contribution in [0.2, 0.25) is 0 Å². The number of nitrogens with zero attached hydrogens (tertiary/aromatic N) is 6. The number of rotatable bonds is 8. The first-order chi connectivity index (χ1) is 18.6. The fourth-order valence-electron chi connectivity index (χ4n) is 3.64. The van der Waals surface area contributed by atoms with Gasteiger partial charge in [0.2, 0.25) is 0 Å². The lowest BCUT2D eigenvalue weighted by Gasteiger charge is -2.18. The summed E-state index contributed by atoms with van der Waals surface area (Å²) in [7, 11) is 6.49. The van der Waals surface area contributed by atoms with Crippen molar-refractivity contribution in [2.45, 2.75) is 6.92 Å². The summed E-state index contributed by atoms with van der Waals surface area (Å²) in [6.45, 7) is 1.95. The average Bonchev–Trinajstić information content (AvgIpc) is 3.40. The first-order valence-corrected chi connectivity index (χ1v) is 13.8. The smallest absolute Gasteiger partial charge is 0.255 e. The Bertz CT molecular complexity index is 1570. The third-order valence-corrected chi connectivity index (χ3v) is 6.96. The van der Waals surface area contributed by atoms with E-state index in [1.807, 2.05) is 24.4 Å². The molecule has 0 saturated heterocycles. The Balaban J connectivity index is 1.87. The summed E-state index contributed by atoms with van der Waals surface area (Å²) in [5.74, 6) is -0.227. The zero-order chi connectivity index (χ0) is 28.3. The molecule has 0 aliphatic carbocycles. The van der Waals surface area contributed by atoms with Crippen LogP contribution in [0.5, 0.6) is 0 Å². The number of Topliss-reactive ketones (excluding diaryl/α,β-unsaturated/α-hetero) is 1. The number of pyridine rings is 3. The molecule has 200 valence electrons. The lowest BCUT2D eigenvalue weighted by atomic mass is 10.0. The molecule has 0 aromatic carbocycles. The summed E-state index contributed by atoms with van der Waals surface area (Å²) < 4.78 is 0. The predicted molar refractivity (Wildman–Crippen MR) is 155 cm³/mol. The highest BCUT2D eigenvalue weighted by Crippen LogP contribution is 2.31. The van der Waals surface area contributed by atoms with E-state index in [2.05, 4.69) is 36.2 Å². The fourth-order valence-corrected chi connectivity index (χ4v) is 4.63. The summed E-state index contributed by atoms with van der Waals surface area (Å²) in [6.07, 6.45) is 1.70. The van der Waals surface area contributed by atoms with Gasteiger partial charge in [0, 0.05) is 39.8 Å². The van der Waals surface area contributed by atoms with Gasteiger partial charge in [-0.05, 0) is 42.8 Å². The second kappa shape index (κ2) is 11.8. The van der Waals surface area contributed by atoms with Gasteiger partial charge in [-0.3, -0.25) is 14.4 Å². The third kappa shape index (κ3) is 6.02. The Hall–Kier alpha value is -4.03. The number of ketones is 1. The van der Waals surface area contributed by atoms with Crippen LogP contribution in [0.25, 0.3) is 22.8 Å². The van der Waals surface area contributed by atoms with Gasteiger partial charge < -0.3 is 15.1 Å². The number of thiazole rings is 1. The molecule has 0 atom stereocenters. The van der Waals surface area contributed by atoms with Crippen molar-refractivity contribution in [1.82, 2.24) is 29.7 Å². The van der Waals surface area contributed by atoms with Gasteiger partial charge in [0.1, 0.15) is 28.6 Å². The number of aryl methyl sites for hydroxylation is 1. The molecule has 4 rings (SSSR count). The van der Waals surface area contributed by atoms with Crippen molar-refractivity contribution in [2.24, 2.45) is 0 Å². The van der Waals surface area contributed by atoms with Gasteiger partial charge in [-0.15, -0.1) is 11.3 Å². The molecule has 0 fully saturated rings. The largest absolute Gasteiger partial charge is 0.345 e. The van der Waals surface area contributed by atoms with E-state index in [0.717, 1.165) is 5.56 Å². The summed E-state index contributed by atoms with van der Waals surface area (Å²) >= 11 is 4.56. The molecule has 0 unspecified atom stereocenters. The molecule has 0 aliphatic rings. The van der Waals surface area contributed by atoms with E-state index in [4.69, 9.17) is 4.98 Å². The second-order valence-corrected chi connectivity index (χ2v) is 10.4. The maximum absolute atomic E-state index is 13.2. The van der Waals surface area contributed by atoms with Gasteiger partial charge in [0.15, 0.2) is 10.9 Å². The number of aromatic nitrogens is 4. The molecule has 0 bridgehead atoms. The lowest BCUT2D eigenvalue weighted by molar-refractivity contribution is 0.0818. The number of carbonyl (C=O) groups excluding carboxylic acids is 3. The molecular formula is C27H26BrN7O3S. The molecule has 12 heteroatoms. The number of anilines is 2. The number of nitrogens with one attached hydrogen (secondary N) is 1. The molecule has 0 radical (unpaired) electrons. The number of halogens is 1. The average molecular weight is 609 g/mol. The van der Waals surface area contributed by atoms with E-state index in [1.165, 1.54) is 27.2 Å². The molecule has 1 N–H and O–H groups in total. The minimum atomic E-state index is -0.336. The quantitative estimate of drug-likeness (QED) is 0.226. The van der Waals surface area contributed by atoms with Gasteiger partial charge in [-0.2, -0.15) is 0 Å². The minimum absolute atomic E-state index is 0.0573. The van der Waals surface area contributed by atoms with Gasteiger partial charge >= 0.3 is 0 Å². The van der Waals surface area contributed by atoms with E-state index in [-0.39, 0.29) is 51.1 Å². The molecule has 4 aromatic heterocycles. The Labute approximate surface area is 238 Å². The monoisotopic (exact) mass is 607 g/mol. The van der Waals surface area contributed by atoms with Gasteiger partial charge in [-0.1, -0.05) is 22.0 Å². The van der Waals surface area contributed by atoms with Crippen LogP contribution in [0.3, 0.4) is 0 Å². The molecule has 2 amide bonds. The SMILES string of the molecule is Cc1cccnc1Nc1nc(-c2ccc(C(=O)N(C)C)c(-c3nc(C(=O)CBr)ccc3C(=O)N(C)C)n2)cs1. The Morgan fingerprint density at radius 2 is 1.51 bits per heavy atom. The van der Waals surface area contributed by atoms with Crippen molar-refractivity contribution in [1.29, 1.82) is 0 Å². The topological polar surface area (TPSA) is 121 Å². The van der Waals surface area contributed by atoms with Crippen LogP contribution in [0.15, 0.2) is 48.0 Å². The summed E-state index contributed by atoms with van der Waals surface area (Å²) in [5, 5.41) is 5.73. The highest BCUT2D eigenvalue weighted by Gasteiger charge is 2.25. The van der Waals surface area contributed by atoms with Crippen LogP contribution in [-0.2, 0) is 0 Å². The molecular weight excluding hydrogens is 582 g/mol. The lowest BCUT2D eigenvalue weighted by Crippen LogP contribution is -2.25. The van der Waals surface area contributed by atoms with Crippen molar-refractivity contribution in [3.63, 3.8) is 0 Å². The fraction of sp³-hybridized carbons (Fsp3) is 0.222. The molecule has 0 aliphatic heterocycles. The van der Waals surface area contributed by atoms with Crippen LogP contribution in [0.1, 0.15) is 36.8 Å². The number of carbonyl (C=O) groups is 3. The normalized spacial score (nSPS) is 10.7. The van der Waals surface area contributed by atoms with E-state index >= 15 is 0 Å². The molecule has 0 saturated carbocycles. The van der Waals surface area contributed by atoms with Gasteiger partial charge in [0.25, 0.3) is 11.8 Å². The van der Waals surface area contributed by atoms with Crippen LogP contribution in [0, 0.1) is 6.92 Å². The van der Waals surface area contributed by atoms with Crippen molar-refractivity contribution in [3.05, 3.63) is 70.4 Å². The first-order valence-electron chi connectivity index (χ1n) is 11.8. The Morgan fingerprint density at radius 1 is 0.872 bits per heavy atom. The highest BCUT2D eigenvalue weighted by molar-refractivity contribution is 9.09. The molecule has 39 heavy (non-hydrogen) atoms. The highest BCUT2D eigenvalue weighted by atomic mass is 79.9. The zero-order valence-corrected chi connectivity index (χ0v) is 24.4. The van der Waals surface area contributed by atoms with Crippen molar-refractivity contribution in [3.8, 4) is 22.8 Å². The third-order valence-electron chi connectivity index (χ3n) is 5.70. The predicted octanol–water partition coefficient (Wildman–Crippen LogP) is 4.70. The maximum atomic E-state index is 13.2. The number of amides is 2. The second-order valence-electron chi connectivity index (χ2n) is 8.97. The van der Waals surface area contributed by atoms with Gasteiger partial charge in [-0.25, -0.2) is 19.9 Å². The molecule has 10 nitrogen and oxygen atoms in total. The number of hydrogen-bond donors (Lipinski definition) is 1. The summed E-state index contributed by atoms with van der Waals surface area (Å²) in [5.41, 5.74) is 2.95. The van der Waals surface area contributed by atoms with Gasteiger partial charge in [0.05, 0.1) is 22.2 Å². The summed E-state index contributed by atoms with van der Waals surface area (Å²) in [6, 6.07) is 10.2. The van der Waals surface area contributed by atoms with Crippen LogP contribution < -0.4 is 5.32 Å². The first kappa shape index (κ1) is 28.0. The van der Waals surface area contributed by atoms with E-state index in [1.54, 1.807) is 52.6 Å². The number of alkyl halides is 1. The van der Waals surface area contributed by atoms with Crippen LogP contribution in [-0.4, -0.2) is 80.9 Å². The molecule has 4 heterocycles. The van der Waals surface area contributed by atoms with Crippen molar-refractivity contribution >= 4 is 55.8 Å². The Morgan fingerprint density at radius 3 is 2.13 bits per heavy atom. The van der Waals surface area contributed by atoms with Crippen molar-refractivity contribution < 1.29 is 14.4 Å². The zero-order valence-electron chi connectivity index (χ0n) is 22.0. The molecule has 4 aromatic rings. The van der Waals surface area contributed by atoms with Crippen LogP contribution >= 0.6 is 27.3 Å². The minimum Gasteiger partial charge on any atom is -0.345 e. The standard InChI is InChI=1S/C27H26BrN7O3S/c1-15-7-6-12-29-24(15)33-27-32-20(14-39-27)18-10-8-16(25(37)34(2)3)22(30-18)23-17(26(38)35(4)5)9-11-19(31-23)21(36)13-28/h6-12,14H,13H2,1-5H3,(H,29,32,33). The van der Waals surface area contributed by atoms with Crippen LogP contribution in [0.4, 0.5) is 10.9 Å². The summed E-state index contributed by atoms with van der Waals surface area (Å²) in [4.78, 5) is 59.9. The maximum Gasteiger partial charge on any atom is 0.255 e.